The Morgan fingerprint density at radius 2 is 1.94 bits per heavy atom. The number of amides is 3. The molecule has 3 amide bonds. The number of nitrogens with one attached hydrogen (secondary N) is 4. The van der Waals surface area contributed by atoms with E-state index in [1.807, 2.05) is 0 Å². The molecule has 0 spiro atoms. The highest BCUT2D eigenvalue weighted by Crippen LogP contribution is 2.18. The number of carbonyl (C=O) groups excluding carboxylic acids is 4. The summed E-state index contributed by atoms with van der Waals surface area (Å²) in [7, 11) is 0. The van der Waals surface area contributed by atoms with Crippen LogP contribution in [0.15, 0.2) is 24.3 Å². The fourth-order valence-corrected chi connectivity index (χ4v) is 3.28. The number of H-pyrrole nitrogens is 1. The molecule has 1 saturated heterocycles. The average Bonchev–Trinajstić information content (AvgIpc) is 3.37. The van der Waals surface area contributed by atoms with Crippen LogP contribution >= 0.6 is 0 Å². The lowest BCUT2D eigenvalue weighted by molar-refractivity contribution is -0.130. The third-order valence-electron chi connectivity index (χ3n) is 4.82. The number of aromatic nitrogens is 1. The molecule has 0 radical (unpaired) electrons. The zero-order valence-corrected chi connectivity index (χ0v) is 18.7. The molecule has 1 fully saturated rings. The highest BCUT2D eigenvalue weighted by Gasteiger charge is 2.31. The first-order chi connectivity index (χ1) is 15.9. The summed E-state index contributed by atoms with van der Waals surface area (Å²) in [5.74, 6) is -5.50. The maximum Gasteiger partial charge on any atom is 0.268 e. The van der Waals surface area contributed by atoms with Crippen molar-refractivity contribution in [1.29, 1.82) is 0 Å². The number of rotatable bonds is 8. The van der Waals surface area contributed by atoms with Crippen molar-refractivity contribution in [3.05, 3.63) is 35.8 Å². The first kappa shape index (κ1) is 26.8. The van der Waals surface area contributed by atoms with Gasteiger partial charge in [0.15, 0.2) is 5.78 Å². The Morgan fingerprint density at radius 1 is 1.26 bits per heavy atom. The van der Waals surface area contributed by atoms with Crippen LogP contribution in [0.3, 0.4) is 0 Å². The van der Waals surface area contributed by atoms with Gasteiger partial charge in [0.05, 0.1) is 18.1 Å². The van der Waals surface area contributed by atoms with Crippen LogP contribution in [0.5, 0.6) is 0 Å². The second kappa shape index (κ2) is 11.6. The highest BCUT2D eigenvalue weighted by molar-refractivity contribution is 6.00. The van der Waals surface area contributed by atoms with Gasteiger partial charge in [0.25, 0.3) is 5.91 Å². The summed E-state index contributed by atoms with van der Waals surface area (Å²) in [6, 6.07) is 4.85. The molecule has 12 heteroatoms. The molecule has 2 heterocycles. The minimum absolute atomic E-state index is 0.0756. The van der Waals surface area contributed by atoms with Gasteiger partial charge in [-0.2, -0.15) is 0 Å². The number of ketones is 1. The molecule has 34 heavy (non-hydrogen) atoms. The van der Waals surface area contributed by atoms with Crippen molar-refractivity contribution in [3.63, 3.8) is 0 Å². The van der Waals surface area contributed by atoms with Gasteiger partial charge in [-0.25, -0.2) is 13.2 Å². The summed E-state index contributed by atoms with van der Waals surface area (Å²) in [5, 5.41) is 17.1. The lowest BCUT2D eigenvalue weighted by Gasteiger charge is -2.19. The summed E-state index contributed by atoms with van der Waals surface area (Å²) >= 11 is 0. The molecule has 1 aromatic heterocycles. The zero-order chi connectivity index (χ0) is 25.5. The molecule has 0 saturated carbocycles. The molecule has 3 rings (SSSR count). The molecule has 5 N–H and O–H groups in total. The smallest absolute Gasteiger partial charge is 0.268 e. The lowest BCUT2D eigenvalue weighted by Crippen LogP contribution is -2.47. The van der Waals surface area contributed by atoms with E-state index in [1.54, 1.807) is 6.07 Å². The van der Waals surface area contributed by atoms with Crippen LogP contribution in [-0.4, -0.2) is 65.3 Å². The van der Waals surface area contributed by atoms with Crippen molar-refractivity contribution in [3.8, 4) is 0 Å². The molecular formula is C22H27F3N4O5. The summed E-state index contributed by atoms with van der Waals surface area (Å²) in [4.78, 5) is 50.6. The number of para-hydroxylation sites is 1. The average molecular weight is 484 g/mol. The first-order valence-electron chi connectivity index (χ1n) is 10.5. The Hall–Kier alpha value is -3.41. The minimum Gasteiger partial charge on any atom is -0.389 e. The number of Topliss-reactive ketones (excluding diaryl/α,β-unsaturated/α-hetero) is 1. The second-order valence-corrected chi connectivity index (χ2v) is 8.15. The highest BCUT2D eigenvalue weighted by atomic mass is 19.3. The van der Waals surface area contributed by atoms with Crippen LogP contribution in [0.25, 0.3) is 10.9 Å². The van der Waals surface area contributed by atoms with Crippen molar-refractivity contribution in [2.24, 2.45) is 5.92 Å². The van der Waals surface area contributed by atoms with Gasteiger partial charge in [-0.1, -0.05) is 12.1 Å². The summed E-state index contributed by atoms with van der Waals surface area (Å²) < 4.78 is 35.8. The van der Waals surface area contributed by atoms with Gasteiger partial charge < -0.3 is 26.0 Å². The van der Waals surface area contributed by atoms with E-state index in [0.717, 1.165) is 13.8 Å². The normalized spacial score (nSPS) is 16.3. The van der Waals surface area contributed by atoms with Crippen molar-refractivity contribution in [2.45, 2.75) is 38.7 Å². The summed E-state index contributed by atoms with van der Waals surface area (Å²) in [5.41, 5.74) is 0.272. The topological polar surface area (TPSA) is 140 Å². The number of fused-ring (bicyclic) bond motifs is 1. The quantitative estimate of drug-likeness (QED) is 0.384. The predicted molar refractivity (Wildman–Crippen MR) is 117 cm³/mol. The number of aliphatic hydroxyl groups is 1. The molecule has 9 nitrogen and oxygen atoms in total. The van der Waals surface area contributed by atoms with E-state index >= 15 is 0 Å². The van der Waals surface area contributed by atoms with Crippen molar-refractivity contribution >= 4 is 34.4 Å². The summed E-state index contributed by atoms with van der Waals surface area (Å²) in [6.45, 7) is 1.01. The van der Waals surface area contributed by atoms with Gasteiger partial charge in [-0.3, -0.25) is 19.2 Å². The van der Waals surface area contributed by atoms with E-state index in [4.69, 9.17) is 5.11 Å². The van der Waals surface area contributed by atoms with E-state index in [2.05, 4.69) is 20.9 Å². The SMILES string of the molecule is CC(C)(F)F.O=C(CNC(=O)c1cc2cccc(F)c2[nH]1)NC(C[C@@H]1CCNC1=O)C(=O)CO. The van der Waals surface area contributed by atoms with E-state index < -0.39 is 54.4 Å². The predicted octanol–water partition coefficient (Wildman–Crippen LogP) is 1.27. The van der Waals surface area contributed by atoms with Crippen LogP contribution in [0.4, 0.5) is 13.2 Å². The van der Waals surface area contributed by atoms with Gasteiger partial charge >= 0.3 is 0 Å². The number of alkyl halides is 2. The minimum atomic E-state index is -2.50. The van der Waals surface area contributed by atoms with Gasteiger partial charge in [-0.05, 0) is 38.8 Å². The maximum atomic E-state index is 13.7. The van der Waals surface area contributed by atoms with Gasteiger partial charge in [-0.15, -0.1) is 0 Å². The number of hydrogen-bond donors (Lipinski definition) is 5. The van der Waals surface area contributed by atoms with Crippen molar-refractivity contribution < 1.29 is 37.5 Å². The Bertz CT molecular complexity index is 1040. The number of aliphatic hydroxyl groups excluding tert-OH is 1. The van der Waals surface area contributed by atoms with Crippen LogP contribution in [-0.2, 0) is 14.4 Å². The van der Waals surface area contributed by atoms with Crippen LogP contribution in [0.2, 0.25) is 0 Å². The molecule has 2 aromatic rings. The zero-order valence-electron chi connectivity index (χ0n) is 18.7. The second-order valence-electron chi connectivity index (χ2n) is 8.15. The molecule has 0 bridgehead atoms. The molecule has 186 valence electrons. The fourth-order valence-electron chi connectivity index (χ4n) is 3.28. The van der Waals surface area contributed by atoms with Crippen molar-refractivity contribution in [1.82, 2.24) is 20.9 Å². The Morgan fingerprint density at radius 3 is 2.50 bits per heavy atom. The fraction of sp³-hybridized carbons (Fsp3) is 0.455. The third-order valence-corrected chi connectivity index (χ3v) is 4.82. The van der Waals surface area contributed by atoms with E-state index in [-0.39, 0.29) is 23.5 Å². The van der Waals surface area contributed by atoms with Crippen molar-refractivity contribution in [2.75, 3.05) is 19.7 Å². The van der Waals surface area contributed by atoms with E-state index in [9.17, 15) is 32.3 Å². The molecule has 1 aliphatic heterocycles. The number of halogens is 3. The number of carbonyl (C=O) groups is 4. The molecule has 1 aliphatic rings. The largest absolute Gasteiger partial charge is 0.389 e. The Labute approximate surface area is 193 Å². The third kappa shape index (κ3) is 8.18. The van der Waals surface area contributed by atoms with Gasteiger partial charge in [0, 0.05) is 17.8 Å². The van der Waals surface area contributed by atoms with Crippen LogP contribution < -0.4 is 16.0 Å². The molecule has 1 aromatic carbocycles. The molecule has 2 atom stereocenters. The lowest BCUT2D eigenvalue weighted by atomic mass is 9.96. The first-order valence-corrected chi connectivity index (χ1v) is 10.5. The van der Waals surface area contributed by atoms with E-state index in [0.29, 0.717) is 18.4 Å². The standard InChI is InChI=1S/C19H21FN4O5.C3H6F2/c20-12-3-1-2-10-6-14(24-17(10)12)19(29)22-8-16(27)23-13(15(26)9-25)7-11-4-5-21-18(11)28;1-3(2,4)5/h1-3,6,11,13,24-25H,4-5,7-9H2,(H,21,28)(H,22,29)(H,23,27);1-2H3/t11-,13?;/m0./s1. The van der Waals surface area contributed by atoms with Crippen LogP contribution in [0.1, 0.15) is 37.2 Å². The van der Waals surface area contributed by atoms with Crippen LogP contribution in [0, 0.1) is 11.7 Å². The van der Waals surface area contributed by atoms with E-state index in [1.165, 1.54) is 18.2 Å². The number of aromatic amines is 1. The van der Waals surface area contributed by atoms with Gasteiger partial charge in [0.1, 0.15) is 18.1 Å². The number of benzene rings is 1. The maximum absolute atomic E-state index is 13.7. The number of hydrogen-bond acceptors (Lipinski definition) is 5. The summed E-state index contributed by atoms with van der Waals surface area (Å²) in [6.07, 6.45) is 0.615. The molecule has 1 unspecified atom stereocenters. The molecule has 0 aliphatic carbocycles. The van der Waals surface area contributed by atoms with Gasteiger partial charge in [0.2, 0.25) is 17.7 Å². The Kier molecular flexibility index (Phi) is 9.19. The Balaban J connectivity index is 0.000000739. The monoisotopic (exact) mass is 484 g/mol. The molecular weight excluding hydrogens is 457 g/mol.